The molecule has 1 amide bonds. The summed E-state index contributed by atoms with van der Waals surface area (Å²) in [4.78, 5) is 81.3. The Balaban J connectivity index is 1.72. The number of phenolic OH excluding ortho intramolecular Hbond substituents is 1. The summed E-state index contributed by atoms with van der Waals surface area (Å²) in [6, 6.07) is 9.96. The number of nitrogens with two attached hydrogens (primary N) is 3. The van der Waals surface area contributed by atoms with Crippen molar-refractivity contribution in [1.29, 1.82) is 5.26 Å². The minimum atomic E-state index is -2.82. The van der Waals surface area contributed by atoms with Gasteiger partial charge in [-0.2, -0.15) is 5.26 Å². The first-order valence-electron chi connectivity index (χ1n) is 13.9. The van der Waals surface area contributed by atoms with Gasteiger partial charge >= 0.3 is 5.97 Å². The van der Waals surface area contributed by atoms with Crippen LogP contribution >= 0.6 is 0 Å². The number of benzene rings is 2. The molecule has 2 fully saturated rings. The van der Waals surface area contributed by atoms with E-state index in [0.29, 0.717) is 22.3 Å². The molecule has 7 N–H and O–H groups in total. The standard InChI is InChI=1S/C32H31N5O8/c1-37(2)26-25(41)22(29(34)44)27(42)31(14-33)28(43)23-24(40)21-18(12-30(23,35)13-32(26,31)36)17(8-9-19(21)38)16-6-4-5-15(11-16)7-10-20(39)45-3/h4-11,22-23,26,38H,12-13,35-36H2,1-3H3,(H2,34,44)/t22?,23?,26-,30-,31+,32-/m1/s1. The number of phenols is 1. The molecule has 13 nitrogen and oxygen atoms in total. The van der Waals surface area contributed by atoms with Gasteiger partial charge in [0, 0.05) is 11.6 Å². The first-order valence-corrected chi connectivity index (χ1v) is 13.9. The molecule has 0 saturated heterocycles. The van der Waals surface area contributed by atoms with E-state index in [-0.39, 0.29) is 12.0 Å². The van der Waals surface area contributed by atoms with Gasteiger partial charge in [0.2, 0.25) is 5.91 Å². The number of Topliss-reactive ketones (excluding diaryl/α,β-unsaturated/α-hetero) is 4. The Kier molecular flexibility index (Phi) is 7.36. The van der Waals surface area contributed by atoms with Gasteiger partial charge in [0.1, 0.15) is 11.7 Å². The van der Waals surface area contributed by atoms with Crippen molar-refractivity contribution >= 4 is 41.1 Å². The number of hydrogen-bond donors (Lipinski definition) is 4. The number of nitriles is 1. The molecular weight excluding hydrogens is 582 g/mol. The number of primary amides is 1. The van der Waals surface area contributed by atoms with E-state index in [1.54, 1.807) is 36.4 Å². The third kappa shape index (κ3) is 4.25. The van der Waals surface area contributed by atoms with Crippen LogP contribution < -0.4 is 17.2 Å². The fourth-order valence-corrected chi connectivity index (χ4v) is 7.52. The lowest BCUT2D eigenvalue weighted by Gasteiger charge is -2.60. The summed E-state index contributed by atoms with van der Waals surface area (Å²) in [5.41, 5.74) is 14.1. The predicted molar refractivity (Wildman–Crippen MR) is 158 cm³/mol. The second-order valence-corrected chi connectivity index (χ2v) is 12.1. The lowest BCUT2D eigenvalue weighted by Crippen LogP contribution is -2.85. The molecule has 0 spiro atoms. The number of amides is 1. The lowest BCUT2D eigenvalue weighted by molar-refractivity contribution is -0.166. The largest absolute Gasteiger partial charge is 0.507 e. The molecule has 0 aromatic heterocycles. The van der Waals surface area contributed by atoms with Crippen molar-refractivity contribution < 1.29 is 38.6 Å². The maximum absolute atomic E-state index is 14.5. The van der Waals surface area contributed by atoms with Gasteiger partial charge in [-0.25, -0.2) is 4.79 Å². The summed E-state index contributed by atoms with van der Waals surface area (Å²) < 4.78 is 4.64. The minimum absolute atomic E-state index is 0.210. The zero-order chi connectivity index (χ0) is 33.2. The topological polar surface area (TPSA) is 237 Å². The van der Waals surface area contributed by atoms with Crippen LogP contribution in [0.4, 0.5) is 0 Å². The molecule has 0 aliphatic heterocycles. The normalized spacial score (nSPS) is 30.8. The van der Waals surface area contributed by atoms with E-state index in [2.05, 4.69) is 4.74 Å². The van der Waals surface area contributed by atoms with Gasteiger partial charge in [-0.1, -0.05) is 24.3 Å². The van der Waals surface area contributed by atoms with Crippen molar-refractivity contribution in [2.24, 2.45) is 34.5 Å². The summed E-state index contributed by atoms with van der Waals surface area (Å²) in [6.45, 7) is 0. The number of esters is 1. The molecular formula is C32H31N5O8. The number of methoxy groups -OCH3 is 1. The van der Waals surface area contributed by atoms with Crippen LogP contribution in [0.1, 0.15) is 27.9 Å². The fraction of sp³-hybridized carbons (Fsp3) is 0.344. The molecule has 5 rings (SSSR count). The van der Waals surface area contributed by atoms with Gasteiger partial charge in [-0.15, -0.1) is 0 Å². The summed E-state index contributed by atoms with van der Waals surface area (Å²) in [7, 11) is 4.12. The van der Waals surface area contributed by atoms with Gasteiger partial charge in [0.05, 0.1) is 30.3 Å². The highest BCUT2D eigenvalue weighted by molar-refractivity contribution is 6.33. The number of aromatic hydroxyl groups is 1. The van der Waals surface area contributed by atoms with Crippen LogP contribution in [0.5, 0.6) is 5.75 Å². The van der Waals surface area contributed by atoms with Crippen LogP contribution in [0.3, 0.4) is 0 Å². The molecule has 232 valence electrons. The van der Waals surface area contributed by atoms with Crippen molar-refractivity contribution in [3.05, 3.63) is 59.2 Å². The molecule has 2 aromatic carbocycles. The van der Waals surface area contributed by atoms with E-state index in [4.69, 9.17) is 17.2 Å². The van der Waals surface area contributed by atoms with Gasteiger partial charge in [-0.05, 0) is 67.4 Å². The Bertz CT molecular complexity index is 1790. The Morgan fingerprint density at radius 2 is 1.80 bits per heavy atom. The van der Waals surface area contributed by atoms with Gasteiger partial charge < -0.3 is 27.0 Å². The Morgan fingerprint density at radius 3 is 2.40 bits per heavy atom. The number of hydrogen-bond acceptors (Lipinski definition) is 12. The highest BCUT2D eigenvalue weighted by Gasteiger charge is 2.78. The quantitative estimate of drug-likeness (QED) is 0.193. The molecule has 0 heterocycles. The number of ether oxygens (including phenoxy) is 1. The highest BCUT2D eigenvalue weighted by atomic mass is 16.5. The molecule has 45 heavy (non-hydrogen) atoms. The monoisotopic (exact) mass is 613 g/mol. The van der Waals surface area contributed by atoms with Crippen LogP contribution in [0.15, 0.2) is 42.5 Å². The second kappa shape index (κ2) is 10.6. The Morgan fingerprint density at radius 1 is 1.11 bits per heavy atom. The third-order valence-electron chi connectivity index (χ3n) is 9.28. The van der Waals surface area contributed by atoms with Crippen LogP contribution in [-0.2, 0) is 35.1 Å². The van der Waals surface area contributed by atoms with Crippen LogP contribution in [0.25, 0.3) is 17.2 Å². The minimum Gasteiger partial charge on any atom is -0.507 e. The van der Waals surface area contributed by atoms with Gasteiger partial charge in [-0.3, -0.25) is 28.9 Å². The first kappa shape index (κ1) is 31.4. The first-order chi connectivity index (χ1) is 21.1. The van der Waals surface area contributed by atoms with E-state index in [1.165, 1.54) is 44.3 Å². The number of rotatable bonds is 5. The number of nitrogens with zero attached hydrogens (tertiary/aromatic N) is 2. The number of carbonyl (C=O) groups excluding carboxylic acids is 6. The Hall–Kier alpha value is -5.03. The molecule has 0 bridgehead atoms. The summed E-state index contributed by atoms with van der Waals surface area (Å²) in [6.07, 6.45) is 2.04. The van der Waals surface area contributed by atoms with Crippen molar-refractivity contribution in [3.8, 4) is 22.9 Å². The average molecular weight is 614 g/mol. The van der Waals surface area contributed by atoms with E-state index in [9.17, 15) is 39.1 Å². The number of fused-ring (bicyclic) bond motifs is 3. The van der Waals surface area contributed by atoms with Crippen molar-refractivity contribution in [2.45, 2.75) is 30.0 Å². The van der Waals surface area contributed by atoms with Gasteiger partial charge in [0.25, 0.3) is 0 Å². The van der Waals surface area contributed by atoms with Crippen molar-refractivity contribution in [1.82, 2.24) is 4.90 Å². The number of likely N-dealkylation sites (N-methyl/N-ethyl adjacent to an activating group) is 1. The van der Waals surface area contributed by atoms with Crippen molar-refractivity contribution in [2.75, 3.05) is 21.2 Å². The number of ketones is 4. The van der Waals surface area contributed by atoms with Crippen molar-refractivity contribution in [3.63, 3.8) is 0 Å². The van der Waals surface area contributed by atoms with Gasteiger partial charge in [0.15, 0.2) is 34.5 Å². The van der Waals surface area contributed by atoms with E-state index in [0.717, 1.165) is 0 Å². The molecule has 2 unspecified atom stereocenters. The fourth-order valence-electron chi connectivity index (χ4n) is 7.52. The SMILES string of the molecule is COC(=O)C=Cc1cccc(-c2ccc(O)c3c2C[C@@]2(N)C[C@@]4(N)[C@H](N(C)C)C(=O)C(C(N)=O)C(=O)[C@@]4(C#N)C(=O)C2C3=O)c1. The summed E-state index contributed by atoms with van der Waals surface area (Å²) in [5, 5.41) is 21.4. The van der Waals surface area contributed by atoms with Crippen LogP contribution in [-0.4, -0.2) is 83.3 Å². The Labute approximate surface area is 257 Å². The zero-order valence-corrected chi connectivity index (χ0v) is 24.7. The summed E-state index contributed by atoms with van der Waals surface area (Å²) in [5.74, 6) is -10.8. The van der Waals surface area contributed by atoms with E-state index in [1.807, 2.05) is 0 Å². The van der Waals surface area contributed by atoms with Crippen LogP contribution in [0, 0.1) is 28.6 Å². The number of carbonyl (C=O) groups is 6. The molecule has 3 aliphatic carbocycles. The van der Waals surface area contributed by atoms with E-state index < -0.39 is 81.6 Å². The zero-order valence-electron chi connectivity index (χ0n) is 24.7. The van der Waals surface area contributed by atoms with E-state index >= 15 is 0 Å². The molecule has 2 aromatic rings. The third-order valence-corrected chi connectivity index (χ3v) is 9.28. The smallest absolute Gasteiger partial charge is 0.330 e. The molecule has 3 aliphatic rings. The maximum Gasteiger partial charge on any atom is 0.330 e. The average Bonchev–Trinajstić information content (AvgIpc) is 2.95. The summed E-state index contributed by atoms with van der Waals surface area (Å²) >= 11 is 0. The molecule has 0 radical (unpaired) electrons. The maximum atomic E-state index is 14.5. The predicted octanol–water partition coefficient (Wildman–Crippen LogP) is -0.338. The highest BCUT2D eigenvalue weighted by Crippen LogP contribution is 2.57. The van der Waals surface area contributed by atoms with Crippen LogP contribution in [0.2, 0.25) is 0 Å². The second-order valence-electron chi connectivity index (χ2n) is 12.1. The lowest BCUT2D eigenvalue weighted by atomic mass is 9.42. The molecule has 2 saturated carbocycles. The molecule has 6 atom stereocenters. The molecule has 13 heteroatoms.